The SMILES string of the molecule is CCCN(CCC)C(=O)c1cc(C)cc(C(=O)O)c1[C@H](CNCc1cccc(N(C)S(C)(=O)=O)c1)[C@@H](N)Cc1cc(F)cc(F)c1. The van der Waals surface area contributed by atoms with Crippen molar-refractivity contribution < 1.29 is 31.9 Å². The van der Waals surface area contributed by atoms with Crippen molar-refractivity contribution in [1.29, 1.82) is 0 Å². The quantitative estimate of drug-likeness (QED) is 0.196. The summed E-state index contributed by atoms with van der Waals surface area (Å²) in [5.41, 5.74) is 9.28. The Morgan fingerprint density at radius 1 is 0.957 bits per heavy atom. The lowest BCUT2D eigenvalue weighted by molar-refractivity contribution is 0.0694. The molecule has 9 nitrogen and oxygen atoms in total. The third-order valence-electron chi connectivity index (χ3n) is 7.81. The van der Waals surface area contributed by atoms with Gasteiger partial charge < -0.3 is 21.1 Å². The topological polar surface area (TPSA) is 133 Å². The Labute approximate surface area is 270 Å². The Kier molecular flexibility index (Phi) is 12.8. The monoisotopic (exact) mass is 658 g/mol. The van der Waals surface area contributed by atoms with Crippen molar-refractivity contribution in [3.63, 3.8) is 0 Å². The van der Waals surface area contributed by atoms with Crippen LogP contribution in [0.1, 0.15) is 75.6 Å². The van der Waals surface area contributed by atoms with Gasteiger partial charge in [0.05, 0.1) is 17.5 Å². The fourth-order valence-electron chi connectivity index (χ4n) is 5.61. The molecule has 250 valence electrons. The number of hydrogen-bond donors (Lipinski definition) is 3. The van der Waals surface area contributed by atoms with Crippen LogP contribution in [0.3, 0.4) is 0 Å². The number of carbonyl (C=O) groups is 2. The number of carbonyl (C=O) groups excluding carboxylic acids is 1. The van der Waals surface area contributed by atoms with Gasteiger partial charge in [-0.15, -0.1) is 0 Å². The number of aryl methyl sites for hydroxylation is 1. The van der Waals surface area contributed by atoms with Crippen LogP contribution in [-0.2, 0) is 23.0 Å². The lowest BCUT2D eigenvalue weighted by Gasteiger charge is -2.30. The molecule has 0 unspecified atom stereocenters. The summed E-state index contributed by atoms with van der Waals surface area (Å²) in [5, 5.41) is 13.7. The van der Waals surface area contributed by atoms with Gasteiger partial charge in [0.2, 0.25) is 10.0 Å². The summed E-state index contributed by atoms with van der Waals surface area (Å²) in [6.45, 7) is 6.98. The molecule has 46 heavy (non-hydrogen) atoms. The minimum absolute atomic E-state index is 0.00384. The molecule has 0 spiro atoms. The molecule has 0 aliphatic rings. The van der Waals surface area contributed by atoms with E-state index in [0.29, 0.717) is 42.7 Å². The van der Waals surface area contributed by atoms with Crippen molar-refractivity contribution in [1.82, 2.24) is 10.2 Å². The zero-order valence-corrected chi connectivity index (χ0v) is 27.8. The lowest BCUT2D eigenvalue weighted by atomic mass is 9.81. The Bertz CT molecular complexity index is 1620. The van der Waals surface area contributed by atoms with E-state index in [1.807, 2.05) is 19.9 Å². The van der Waals surface area contributed by atoms with Gasteiger partial charge in [-0.3, -0.25) is 9.10 Å². The van der Waals surface area contributed by atoms with Gasteiger partial charge in [0.25, 0.3) is 5.91 Å². The number of aromatic carboxylic acids is 1. The number of nitrogens with two attached hydrogens (primary N) is 1. The number of hydrogen-bond acceptors (Lipinski definition) is 6. The Morgan fingerprint density at radius 2 is 1.57 bits per heavy atom. The first-order valence-electron chi connectivity index (χ1n) is 15.3. The van der Waals surface area contributed by atoms with E-state index in [1.165, 1.54) is 25.2 Å². The molecule has 0 saturated carbocycles. The number of amides is 1. The van der Waals surface area contributed by atoms with Crippen molar-refractivity contribution in [2.45, 2.75) is 58.5 Å². The van der Waals surface area contributed by atoms with Crippen LogP contribution in [-0.4, -0.2) is 69.3 Å². The standard InChI is InChI=1S/C34H44F2N4O5S/c1-6-11-40(12-7-2)33(41)28-13-22(3)14-29(34(42)43)32(28)30(31(37)18-24-15-25(35)19-26(36)16-24)21-38-20-23-9-8-10-27(17-23)39(4)46(5,44)45/h8-10,13-17,19,30-31,38H,6-7,11-12,18,20-21,37H2,1-5H3,(H,42,43)/t30-,31+/m1/s1. The van der Waals surface area contributed by atoms with E-state index >= 15 is 0 Å². The van der Waals surface area contributed by atoms with Crippen LogP contribution < -0.4 is 15.4 Å². The molecule has 0 bridgehead atoms. The number of nitrogens with zero attached hydrogens (tertiary/aromatic N) is 2. The Hall–Kier alpha value is -3.87. The van der Waals surface area contributed by atoms with E-state index < -0.39 is 39.6 Å². The Balaban J connectivity index is 2.10. The van der Waals surface area contributed by atoms with E-state index in [0.717, 1.165) is 22.2 Å². The maximum absolute atomic E-state index is 14.1. The van der Waals surface area contributed by atoms with Gasteiger partial charge in [0.15, 0.2) is 0 Å². The first kappa shape index (κ1) is 36.6. The summed E-state index contributed by atoms with van der Waals surface area (Å²) in [5.74, 6) is -3.83. The molecule has 0 aromatic heterocycles. The molecule has 12 heteroatoms. The van der Waals surface area contributed by atoms with Gasteiger partial charge in [-0.1, -0.05) is 26.0 Å². The fraction of sp³-hybridized carbons (Fsp3) is 0.412. The predicted octanol–water partition coefficient (Wildman–Crippen LogP) is 5.07. The van der Waals surface area contributed by atoms with Gasteiger partial charge in [0.1, 0.15) is 11.6 Å². The van der Waals surface area contributed by atoms with Crippen LogP contribution >= 0.6 is 0 Å². The van der Waals surface area contributed by atoms with Gasteiger partial charge in [0, 0.05) is 56.8 Å². The zero-order valence-electron chi connectivity index (χ0n) is 27.0. The number of sulfonamides is 1. The van der Waals surface area contributed by atoms with Crippen LogP contribution in [0.2, 0.25) is 0 Å². The maximum Gasteiger partial charge on any atom is 0.336 e. The fourth-order valence-corrected chi connectivity index (χ4v) is 6.11. The van der Waals surface area contributed by atoms with Crippen molar-refractivity contribution in [2.75, 3.05) is 37.2 Å². The average molecular weight is 659 g/mol. The smallest absolute Gasteiger partial charge is 0.336 e. The minimum atomic E-state index is -3.48. The number of nitrogens with one attached hydrogen (secondary N) is 1. The van der Waals surface area contributed by atoms with E-state index in [9.17, 15) is 31.9 Å². The predicted molar refractivity (Wildman–Crippen MR) is 177 cm³/mol. The second-order valence-corrected chi connectivity index (χ2v) is 13.7. The number of rotatable bonds is 16. The summed E-state index contributed by atoms with van der Waals surface area (Å²) in [4.78, 5) is 28.4. The number of halogens is 2. The second kappa shape index (κ2) is 16.1. The highest BCUT2D eigenvalue weighted by Gasteiger charge is 2.32. The van der Waals surface area contributed by atoms with Crippen LogP contribution in [0.15, 0.2) is 54.6 Å². The summed E-state index contributed by atoms with van der Waals surface area (Å²) >= 11 is 0. The summed E-state index contributed by atoms with van der Waals surface area (Å²) in [6.07, 6.45) is 2.53. The van der Waals surface area contributed by atoms with Crippen molar-refractivity contribution in [2.24, 2.45) is 5.73 Å². The first-order chi connectivity index (χ1) is 21.7. The summed E-state index contributed by atoms with van der Waals surface area (Å²) in [6, 6.07) is 12.4. The molecule has 0 aliphatic carbocycles. The van der Waals surface area contributed by atoms with Crippen LogP contribution in [0, 0.1) is 18.6 Å². The molecular weight excluding hydrogens is 614 g/mol. The maximum atomic E-state index is 14.1. The third-order valence-corrected chi connectivity index (χ3v) is 9.01. The number of carboxylic acid groups (broad SMARTS) is 1. The highest BCUT2D eigenvalue weighted by molar-refractivity contribution is 7.92. The van der Waals surface area contributed by atoms with Gasteiger partial charge in [-0.05, 0) is 84.8 Å². The molecule has 0 saturated heterocycles. The molecule has 1 amide bonds. The van der Waals surface area contributed by atoms with Gasteiger partial charge in [-0.2, -0.15) is 0 Å². The lowest BCUT2D eigenvalue weighted by Crippen LogP contribution is -2.40. The highest BCUT2D eigenvalue weighted by atomic mass is 32.2. The normalized spacial score (nSPS) is 12.9. The molecule has 0 radical (unpaired) electrons. The largest absolute Gasteiger partial charge is 0.478 e. The second-order valence-electron chi connectivity index (χ2n) is 11.7. The molecule has 0 aliphatic heterocycles. The summed E-state index contributed by atoms with van der Waals surface area (Å²) < 4.78 is 53.5. The van der Waals surface area contributed by atoms with E-state index in [1.54, 1.807) is 36.1 Å². The molecule has 3 rings (SSSR count). The Morgan fingerprint density at radius 3 is 2.13 bits per heavy atom. The highest BCUT2D eigenvalue weighted by Crippen LogP contribution is 2.31. The molecule has 3 aromatic rings. The van der Waals surface area contributed by atoms with E-state index in [2.05, 4.69) is 5.32 Å². The molecule has 3 aromatic carbocycles. The zero-order chi connectivity index (χ0) is 34.2. The molecule has 0 fully saturated rings. The van der Waals surface area contributed by atoms with Crippen LogP contribution in [0.5, 0.6) is 0 Å². The molecule has 0 heterocycles. The molecule has 4 N–H and O–H groups in total. The van der Waals surface area contributed by atoms with Gasteiger partial charge >= 0.3 is 5.97 Å². The number of carboxylic acids is 1. The van der Waals surface area contributed by atoms with Crippen molar-refractivity contribution in [3.05, 3.63) is 99.6 Å². The van der Waals surface area contributed by atoms with Crippen molar-refractivity contribution in [3.8, 4) is 0 Å². The minimum Gasteiger partial charge on any atom is -0.478 e. The third kappa shape index (κ3) is 9.57. The van der Waals surface area contributed by atoms with Crippen molar-refractivity contribution >= 4 is 27.6 Å². The summed E-state index contributed by atoms with van der Waals surface area (Å²) in [7, 11) is -2.03. The average Bonchev–Trinajstić information content (AvgIpc) is 2.97. The van der Waals surface area contributed by atoms with E-state index in [4.69, 9.17) is 5.73 Å². The number of benzene rings is 3. The van der Waals surface area contributed by atoms with Gasteiger partial charge in [-0.25, -0.2) is 22.0 Å². The van der Waals surface area contributed by atoms with Crippen LogP contribution in [0.4, 0.5) is 14.5 Å². The number of anilines is 1. The van der Waals surface area contributed by atoms with Crippen LogP contribution in [0.25, 0.3) is 0 Å². The molecular formula is C34H44F2N4O5S. The first-order valence-corrected chi connectivity index (χ1v) is 17.1. The molecule has 2 atom stereocenters. The van der Waals surface area contributed by atoms with E-state index in [-0.39, 0.29) is 42.1 Å².